The van der Waals surface area contributed by atoms with Crippen LogP contribution in [0.4, 0.5) is 5.69 Å². The molecule has 0 radical (unpaired) electrons. The van der Waals surface area contributed by atoms with E-state index in [1.807, 2.05) is 24.3 Å². The molecule has 0 aromatic heterocycles. The van der Waals surface area contributed by atoms with Gasteiger partial charge in [-0.25, -0.2) is 0 Å². The molecule has 1 aromatic rings. The standard InChI is InChI=1S/C25H34N2O3/c1-24-12-11-22(30)27(14-15-3-5-16(26)6-4-15)20(24)9-7-17-18-8-10-21(29)25(18,2)13-19(28)23(17)24/h3-6,17-18,20-21,23,29H,7-14,26H2,1-2H3/t17?,18-,20?,21?,23?,24?,25?/m0/s1. The van der Waals surface area contributed by atoms with Gasteiger partial charge in [0, 0.05) is 42.4 Å². The van der Waals surface area contributed by atoms with Gasteiger partial charge >= 0.3 is 0 Å². The number of hydrogen-bond acceptors (Lipinski definition) is 4. The first kappa shape index (κ1) is 20.0. The Morgan fingerprint density at radius 2 is 1.80 bits per heavy atom. The molecule has 6 unspecified atom stereocenters. The fourth-order valence-corrected chi connectivity index (χ4v) is 7.81. The van der Waals surface area contributed by atoms with E-state index in [1.165, 1.54) is 0 Å². The minimum Gasteiger partial charge on any atom is -0.399 e. The number of hydrogen-bond donors (Lipinski definition) is 2. The number of nitrogens with two attached hydrogens (primary N) is 1. The summed E-state index contributed by atoms with van der Waals surface area (Å²) in [7, 11) is 0. The molecule has 162 valence electrons. The molecule has 4 fully saturated rings. The Kier molecular flexibility index (Phi) is 4.55. The first-order valence-corrected chi connectivity index (χ1v) is 11.6. The zero-order valence-electron chi connectivity index (χ0n) is 18.1. The predicted octanol–water partition coefficient (Wildman–Crippen LogP) is 3.54. The number of nitrogens with zero attached hydrogens (tertiary/aromatic N) is 1. The number of likely N-dealkylation sites (tertiary alicyclic amines) is 1. The fraction of sp³-hybridized carbons (Fsp3) is 0.680. The Morgan fingerprint density at radius 1 is 1.07 bits per heavy atom. The largest absolute Gasteiger partial charge is 0.399 e. The molecule has 1 heterocycles. The quantitative estimate of drug-likeness (QED) is 0.731. The van der Waals surface area contributed by atoms with Gasteiger partial charge in [0.25, 0.3) is 0 Å². The summed E-state index contributed by atoms with van der Waals surface area (Å²) >= 11 is 0. The number of Topliss-reactive ketones (excluding diaryl/α,β-unsaturated/α-hetero) is 1. The van der Waals surface area contributed by atoms with Crippen LogP contribution in [-0.4, -0.2) is 33.8 Å². The second-order valence-electron chi connectivity index (χ2n) is 10.9. The van der Waals surface area contributed by atoms with Gasteiger partial charge in [-0.1, -0.05) is 26.0 Å². The van der Waals surface area contributed by atoms with E-state index in [2.05, 4.69) is 18.7 Å². The Bertz CT molecular complexity index is 868. The Balaban J connectivity index is 1.46. The molecule has 1 saturated heterocycles. The second-order valence-corrected chi connectivity index (χ2v) is 10.9. The van der Waals surface area contributed by atoms with Crippen molar-refractivity contribution in [1.82, 2.24) is 4.90 Å². The molecule has 1 aromatic carbocycles. The Labute approximate surface area is 179 Å². The third kappa shape index (κ3) is 2.77. The minimum absolute atomic E-state index is 0.0154. The van der Waals surface area contributed by atoms with Crippen molar-refractivity contribution in [2.45, 2.75) is 77.5 Å². The van der Waals surface area contributed by atoms with Crippen molar-refractivity contribution in [1.29, 1.82) is 0 Å². The fourth-order valence-electron chi connectivity index (χ4n) is 7.81. The molecule has 3 N–H and O–H groups in total. The van der Waals surface area contributed by atoms with Gasteiger partial charge in [-0.2, -0.15) is 0 Å². The molecule has 5 heteroatoms. The minimum atomic E-state index is -0.354. The summed E-state index contributed by atoms with van der Waals surface area (Å²) in [6.07, 6.45) is 5.24. The van der Waals surface area contributed by atoms with Crippen molar-refractivity contribution in [3.8, 4) is 0 Å². The van der Waals surface area contributed by atoms with E-state index >= 15 is 0 Å². The van der Waals surface area contributed by atoms with Gasteiger partial charge in [-0.3, -0.25) is 9.59 Å². The van der Waals surface area contributed by atoms with Crippen LogP contribution in [0, 0.1) is 28.6 Å². The first-order valence-electron chi connectivity index (χ1n) is 11.6. The van der Waals surface area contributed by atoms with E-state index in [1.54, 1.807) is 0 Å². The number of carbonyl (C=O) groups excluding carboxylic acids is 2. The third-order valence-corrected chi connectivity index (χ3v) is 9.36. The van der Waals surface area contributed by atoms with E-state index in [-0.39, 0.29) is 34.8 Å². The lowest BCUT2D eigenvalue weighted by Crippen LogP contribution is -2.64. The van der Waals surface area contributed by atoms with Crippen LogP contribution in [0.2, 0.25) is 0 Å². The van der Waals surface area contributed by atoms with Gasteiger partial charge in [0.2, 0.25) is 5.91 Å². The lowest BCUT2D eigenvalue weighted by atomic mass is 9.47. The number of carbonyl (C=O) groups is 2. The van der Waals surface area contributed by atoms with Crippen molar-refractivity contribution >= 4 is 17.4 Å². The van der Waals surface area contributed by atoms with Gasteiger partial charge in [-0.05, 0) is 67.1 Å². The molecular formula is C25H34N2O3. The molecule has 5 nitrogen and oxygen atoms in total. The van der Waals surface area contributed by atoms with Crippen LogP contribution in [0.25, 0.3) is 0 Å². The lowest BCUT2D eigenvalue weighted by molar-refractivity contribution is -0.173. The van der Waals surface area contributed by atoms with Gasteiger partial charge in [0.05, 0.1) is 6.10 Å². The van der Waals surface area contributed by atoms with Gasteiger partial charge in [0.15, 0.2) is 0 Å². The van der Waals surface area contributed by atoms with Gasteiger partial charge in [-0.15, -0.1) is 0 Å². The predicted molar refractivity (Wildman–Crippen MR) is 115 cm³/mol. The van der Waals surface area contributed by atoms with Crippen molar-refractivity contribution in [3.05, 3.63) is 29.8 Å². The summed E-state index contributed by atoms with van der Waals surface area (Å²) in [5, 5.41) is 10.6. The molecule has 0 spiro atoms. The highest BCUT2D eigenvalue weighted by Crippen LogP contribution is 2.63. The van der Waals surface area contributed by atoms with Crippen molar-refractivity contribution in [2.75, 3.05) is 5.73 Å². The van der Waals surface area contributed by atoms with E-state index in [0.29, 0.717) is 37.0 Å². The maximum Gasteiger partial charge on any atom is 0.223 e. The number of amides is 1. The highest BCUT2D eigenvalue weighted by atomic mass is 16.3. The average Bonchev–Trinajstić information content (AvgIpc) is 3.00. The SMILES string of the molecule is CC12CCC(=O)N(Cc3ccc(N)cc3)C1CCC1C2C(=O)CC2(C)C(O)CC[C@@H]12. The number of nitrogen functional groups attached to an aromatic ring is 1. The van der Waals surface area contributed by atoms with E-state index in [9.17, 15) is 14.7 Å². The maximum absolute atomic E-state index is 13.5. The number of aliphatic hydroxyl groups excluding tert-OH is 1. The zero-order chi connectivity index (χ0) is 21.3. The number of benzene rings is 1. The Hall–Kier alpha value is -1.88. The number of piperidine rings is 1. The topological polar surface area (TPSA) is 83.6 Å². The summed E-state index contributed by atoms with van der Waals surface area (Å²) in [5.41, 5.74) is 7.22. The van der Waals surface area contributed by atoms with Crippen LogP contribution < -0.4 is 5.73 Å². The smallest absolute Gasteiger partial charge is 0.223 e. The number of rotatable bonds is 2. The van der Waals surface area contributed by atoms with Gasteiger partial charge in [0.1, 0.15) is 5.78 Å². The molecule has 3 aliphatic carbocycles. The van der Waals surface area contributed by atoms with E-state index in [0.717, 1.165) is 43.4 Å². The number of anilines is 1. The molecule has 7 atom stereocenters. The molecule has 1 amide bonds. The van der Waals surface area contributed by atoms with Crippen LogP contribution in [-0.2, 0) is 16.1 Å². The van der Waals surface area contributed by atoms with Crippen molar-refractivity contribution < 1.29 is 14.7 Å². The molecule has 3 saturated carbocycles. The molecule has 4 aliphatic rings. The zero-order valence-corrected chi connectivity index (χ0v) is 18.1. The van der Waals surface area contributed by atoms with Crippen LogP contribution >= 0.6 is 0 Å². The highest BCUT2D eigenvalue weighted by molar-refractivity contribution is 5.85. The molecule has 1 aliphatic heterocycles. The lowest BCUT2D eigenvalue weighted by Gasteiger charge is -2.61. The normalized spacial score (nSPS) is 43.2. The summed E-state index contributed by atoms with van der Waals surface area (Å²) in [5.74, 6) is 1.32. The molecule has 30 heavy (non-hydrogen) atoms. The average molecular weight is 411 g/mol. The summed E-state index contributed by atoms with van der Waals surface area (Å²) < 4.78 is 0. The van der Waals surface area contributed by atoms with Crippen LogP contribution in [0.3, 0.4) is 0 Å². The number of aliphatic hydroxyl groups is 1. The van der Waals surface area contributed by atoms with E-state index in [4.69, 9.17) is 5.73 Å². The number of ketones is 1. The summed E-state index contributed by atoms with van der Waals surface area (Å²) in [6, 6.07) is 7.87. The highest BCUT2D eigenvalue weighted by Gasteiger charge is 2.64. The third-order valence-electron chi connectivity index (χ3n) is 9.36. The van der Waals surface area contributed by atoms with E-state index < -0.39 is 0 Å². The maximum atomic E-state index is 13.5. The summed E-state index contributed by atoms with van der Waals surface area (Å²) in [6.45, 7) is 4.99. The molecular weight excluding hydrogens is 376 g/mol. The summed E-state index contributed by atoms with van der Waals surface area (Å²) in [4.78, 5) is 28.6. The second kappa shape index (κ2) is 6.81. The van der Waals surface area contributed by atoms with Gasteiger partial charge < -0.3 is 15.7 Å². The van der Waals surface area contributed by atoms with Crippen LogP contribution in [0.1, 0.15) is 64.4 Å². The molecule has 0 bridgehead atoms. The first-order chi connectivity index (χ1) is 14.2. The Morgan fingerprint density at radius 3 is 2.53 bits per heavy atom. The number of fused-ring (bicyclic) bond motifs is 5. The van der Waals surface area contributed by atoms with Crippen molar-refractivity contribution in [3.63, 3.8) is 0 Å². The van der Waals surface area contributed by atoms with Crippen LogP contribution in [0.15, 0.2) is 24.3 Å². The van der Waals surface area contributed by atoms with Crippen LogP contribution in [0.5, 0.6) is 0 Å². The van der Waals surface area contributed by atoms with Crippen molar-refractivity contribution in [2.24, 2.45) is 28.6 Å². The molecule has 5 rings (SSSR count). The monoisotopic (exact) mass is 410 g/mol.